The van der Waals surface area contributed by atoms with Crippen molar-refractivity contribution in [3.05, 3.63) is 85.1 Å². The van der Waals surface area contributed by atoms with Gasteiger partial charge in [-0.25, -0.2) is 0 Å². The number of allylic oxidation sites excluding steroid dienone is 14. The third-order valence-electron chi connectivity index (χ3n) is 12.4. The van der Waals surface area contributed by atoms with Crippen LogP contribution in [0.4, 0.5) is 0 Å². The van der Waals surface area contributed by atoms with Gasteiger partial charge in [0.2, 0.25) is 0 Å². The molecule has 0 aliphatic rings. The van der Waals surface area contributed by atoms with Gasteiger partial charge in [-0.3, -0.25) is 14.4 Å². The Morgan fingerprint density at radius 2 is 0.565 bits per heavy atom. The van der Waals surface area contributed by atoms with Crippen LogP contribution in [0.25, 0.3) is 0 Å². The van der Waals surface area contributed by atoms with Gasteiger partial charge in [-0.1, -0.05) is 247 Å². The van der Waals surface area contributed by atoms with Gasteiger partial charge in [-0.05, 0) is 96.3 Å². The molecule has 0 saturated carbocycles. The van der Waals surface area contributed by atoms with E-state index < -0.39 is 6.10 Å². The lowest BCUT2D eigenvalue weighted by Crippen LogP contribution is -2.30. The third kappa shape index (κ3) is 55.4. The highest BCUT2D eigenvalue weighted by Gasteiger charge is 2.19. The summed E-state index contributed by atoms with van der Waals surface area (Å²) in [5.41, 5.74) is 0. The van der Waals surface area contributed by atoms with Crippen LogP contribution in [0.3, 0.4) is 0 Å². The van der Waals surface area contributed by atoms with Crippen molar-refractivity contribution in [2.45, 2.75) is 284 Å². The van der Waals surface area contributed by atoms with Gasteiger partial charge in [0.05, 0.1) is 0 Å². The summed E-state index contributed by atoms with van der Waals surface area (Å²) < 4.78 is 16.7. The normalized spacial score (nSPS) is 12.7. The van der Waals surface area contributed by atoms with Crippen molar-refractivity contribution in [1.82, 2.24) is 0 Å². The lowest BCUT2D eigenvalue weighted by molar-refractivity contribution is -0.167. The number of hydrogen-bond acceptors (Lipinski definition) is 6. The van der Waals surface area contributed by atoms with E-state index in [4.69, 9.17) is 14.2 Å². The molecule has 0 bridgehead atoms. The minimum atomic E-state index is -0.784. The summed E-state index contributed by atoms with van der Waals surface area (Å²) in [6.07, 6.45) is 74.8. The predicted molar refractivity (Wildman–Crippen MR) is 297 cm³/mol. The zero-order valence-electron chi connectivity index (χ0n) is 45.3. The van der Waals surface area contributed by atoms with Gasteiger partial charge in [0, 0.05) is 19.3 Å². The molecule has 0 spiro atoms. The van der Waals surface area contributed by atoms with Crippen LogP contribution in [0.1, 0.15) is 278 Å². The minimum absolute atomic E-state index is 0.0844. The number of carbonyl (C=O) groups is 3. The van der Waals surface area contributed by atoms with Gasteiger partial charge in [0.1, 0.15) is 13.2 Å². The Bertz CT molecular complexity index is 1330. The average molecular weight is 962 g/mol. The van der Waals surface area contributed by atoms with Crippen molar-refractivity contribution < 1.29 is 28.6 Å². The van der Waals surface area contributed by atoms with Crippen LogP contribution < -0.4 is 0 Å². The summed E-state index contributed by atoms with van der Waals surface area (Å²) in [5, 5.41) is 0. The molecule has 1 atom stereocenters. The number of ether oxygens (including phenoxy) is 3. The standard InChI is InChI=1S/C63H108O6/c1-4-7-10-13-15-17-19-21-23-25-27-29-30-31-32-34-35-37-39-41-43-45-47-50-53-56-62(65)68-59-60(58-67-61(64)55-52-49-12-9-6-3)69-63(66)57-54-51-48-46-44-42-40-38-36-33-28-26-24-22-20-18-16-14-11-8-5-2/h8,11,16,18-19,21-22,24-25,27-28,33,38,40,60H,4-7,9-10,12-15,17,20,23,26,29-32,34-37,39,41-59H2,1-3H3/b11-8-,18-16-,21-19-,24-22-,27-25-,33-28-,40-38-. The van der Waals surface area contributed by atoms with Crippen LogP contribution in [0.15, 0.2) is 85.1 Å². The molecule has 0 saturated heterocycles. The molecule has 0 aromatic rings. The second-order valence-electron chi connectivity index (χ2n) is 19.2. The maximum atomic E-state index is 12.8. The Hall–Kier alpha value is -3.41. The second-order valence-corrected chi connectivity index (χ2v) is 19.2. The fraction of sp³-hybridized carbons (Fsp3) is 0.730. The van der Waals surface area contributed by atoms with Crippen LogP contribution in [0.2, 0.25) is 0 Å². The van der Waals surface area contributed by atoms with Gasteiger partial charge < -0.3 is 14.2 Å². The van der Waals surface area contributed by atoms with E-state index in [1.165, 1.54) is 116 Å². The molecule has 0 radical (unpaired) electrons. The molecule has 0 aromatic heterocycles. The van der Waals surface area contributed by atoms with Crippen molar-refractivity contribution >= 4 is 17.9 Å². The number of esters is 3. The molecule has 6 nitrogen and oxygen atoms in total. The van der Waals surface area contributed by atoms with Gasteiger partial charge in [0.25, 0.3) is 0 Å². The molecule has 0 fully saturated rings. The zero-order valence-corrected chi connectivity index (χ0v) is 45.3. The Morgan fingerprint density at radius 1 is 0.304 bits per heavy atom. The summed E-state index contributed by atoms with van der Waals surface area (Å²) in [6.45, 7) is 6.43. The van der Waals surface area contributed by atoms with E-state index in [1.54, 1.807) is 0 Å². The fourth-order valence-electron chi connectivity index (χ4n) is 8.03. The first-order chi connectivity index (χ1) is 34.0. The highest BCUT2D eigenvalue weighted by molar-refractivity contribution is 5.71. The second kappa shape index (κ2) is 57.2. The SMILES string of the molecule is CC/C=C\C/C=C\C/C=C\C/C=C\C/C=C\CCCCCCCC(=O)OC(COC(=O)CCCCCCC)COC(=O)CCCCCCCCCCCCCCC/C=C\C/C=C\CCCCCCC. The first-order valence-corrected chi connectivity index (χ1v) is 29.1. The van der Waals surface area contributed by atoms with E-state index in [-0.39, 0.29) is 31.1 Å². The topological polar surface area (TPSA) is 78.9 Å². The zero-order chi connectivity index (χ0) is 50.0. The lowest BCUT2D eigenvalue weighted by Gasteiger charge is -2.18. The molecule has 0 rings (SSSR count). The smallest absolute Gasteiger partial charge is 0.306 e. The molecule has 0 aromatic carbocycles. The molecule has 0 N–H and O–H groups in total. The van der Waals surface area contributed by atoms with E-state index in [0.29, 0.717) is 19.3 Å². The molecule has 0 heterocycles. The van der Waals surface area contributed by atoms with Gasteiger partial charge >= 0.3 is 17.9 Å². The van der Waals surface area contributed by atoms with Crippen LogP contribution in [0, 0.1) is 0 Å². The van der Waals surface area contributed by atoms with Crippen molar-refractivity contribution in [3.63, 3.8) is 0 Å². The largest absolute Gasteiger partial charge is 0.462 e. The highest BCUT2D eigenvalue weighted by atomic mass is 16.6. The van der Waals surface area contributed by atoms with Crippen LogP contribution in [-0.4, -0.2) is 37.2 Å². The monoisotopic (exact) mass is 961 g/mol. The predicted octanol–water partition coefficient (Wildman–Crippen LogP) is 19.5. The number of rotatable bonds is 52. The quantitative estimate of drug-likeness (QED) is 0.0262. The molecule has 396 valence electrons. The average Bonchev–Trinajstić information content (AvgIpc) is 3.35. The van der Waals surface area contributed by atoms with Crippen LogP contribution in [0.5, 0.6) is 0 Å². The third-order valence-corrected chi connectivity index (χ3v) is 12.4. The molecule has 0 aliphatic carbocycles. The summed E-state index contributed by atoms with van der Waals surface area (Å²) >= 11 is 0. The Balaban J connectivity index is 4.12. The summed E-state index contributed by atoms with van der Waals surface area (Å²) in [7, 11) is 0. The molecule has 6 heteroatoms. The van der Waals surface area contributed by atoms with E-state index in [0.717, 1.165) is 122 Å². The van der Waals surface area contributed by atoms with E-state index >= 15 is 0 Å². The van der Waals surface area contributed by atoms with Crippen molar-refractivity contribution in [2.24, 2.45) is 0 Å². The minimum Gasteiger partial charge on any atom is -0.462 e. The number of unbranched alkanes of at least 4 members (excludes halogenated alkanes) is 27. The molecule has 69 heavy (non-hydrogen) atoms. The van der Waals surface area contributed by atoms with Crippen LogP contribution >= 0.6 is 0 Å². The maximum absolute atomic E-state index is 12.8. The Labute approximate surface area is 426 Å². The summed E-state index contributed by atoms with van der Waals surface area (Å²) in [6, 6.07) is 0. The molecule has 1 unspecified atom stereocenters. The van der Waals surface area contributed by atoms with Crippen molar-refractivity contribution in [3.8, 4) is 0 Å². The first-order valence-electron chi connectivity index (χ1n) is 29.1. The molecular formula is C63H108O6. The highest BCUT2D eigenvalue weighted by Crippen LogP contribution is 2.15. The van der Waals surface area contributed by atoms with E-state index in [2.05, 4.69) is 106 Å². The molecule has 0 aliphatic heterocycles. The van der Waals surface area contributed by atoms with Gasteiger partial charge in [-0.2, -0.15) is 0 Å². The lowest BCUT2D eigenvalue weighted by atomic mass is 10.0. The number of carbonyl (C=O) groups excluding carboxylic acids is 3. The van der Waals surface area contributed by atoms with Crippen LogP contribution in [-0.2, 0) is 28.6 Å². The van der Waals surface area contributed by atoms with Crippen molar-refractivity contribution in [2.75, 3.05) is 13.2 Å². The fourth-order valence-corrected chi connectivity index (χ4v) is 8.03. The van der Waals surface area contributed by atoms with E-state index in [9.17, 15) is 14.4 Å². The molecule has 0 amide bonds. The van der Waals surface area contributed by atoms with Gasteiger partial charge in [-0.15, -0.1) is 0 Å². The van der Waals surface area contributed by atoms with Crippen molar-refractivity contribution in [1.29, 1.82) is 0 Å². The Morgan fingerprint density at radius 3 is 0.884 bits per heavy atom. The Kier molecular flexibility index (Phi) is 54.3. The summed E-state index contributed by atoms with van der Waals surface area (Å²) in [4.78, 5) is 37.8. The molecular weight excluding hydrogens is 853 g/mol. The first kappa shape index (κ1) is 65.6. The van der Waals surface area contributed by atoms with E-state index in [1.807, 2.05) is 0 Å². The van der Waals surface area contributed by atoms with Gasteiger partial charge in [0.15, 0.2) is 6.10 Å². The maximum Gasteiger partial charge on any atom is 0.306 e. The summed E-state index contributed by atoms with van der Waals surface area (Å²) in [5.74, 6) is -0.914. The number of hydrogen-bond donors (Lipinski definition) is 0.